The van der Waals surface area contributed by atoms with Gasteiger partial charge in [-0.2, -0.15) is 0 Å². The molecule has 1 heterocycles. The van der Waals surface area contributed by atoms with Crippen molar-refractivity contribution >= 4 is 11.6 Å². The SMILES string of the molecule is CN(C)c1ccc(C#CCNC(=O)c2ccc(Cn3ccnc3)cc2)cc1. The number of aromatic nitrogens is 2. The summed E-state index contributed by atoms with van der Waals surface area (Å²) in [6, 6.07) is 15.6. The van der Waals surface area contributed by atoms with E-state index in [1.54, 1.807) is 12.5 Å². The average Bonchev–Trinajstić information content (AvgIpc) is 3.19. The molecule has 0 fully saturated rings. The minimum absolute atomic E-state index is 0.124. The summed E-state index contributed by atoms with van der Waals surface area (Å²) in [5, 5.41) is 2.83. The third kappa shape index (κ3) is 5.23. The fourth-order valence-corrected chi connectivity index (χ4v) is 2.57. The number of benzene rings is 2. The number of nitrogens with one attached hydrogen (secondary N) is 1. The second-order valence-electron chi connectivity index (χ2n) is 6.36. The highest BCUT2D eigenvalue weighted by Gasteiger charge is 2.04. The fourth-order valence-electron chi connectivity index (χ4n) is 2.57. The van der Waals surface area contributed by atoms with E-state index in [4.69, 9.17) is 0 Å². The predicted molar refractivity (Wildman–Crippen MR) is 108 cm³/mol. The summed E-state index contributed by atoms with van der Waals surface area (Å²) in [4.78, 5) is 18.3. The third-order valence-electron chi connectivity index (χ3n) is 4.09. The monoisotopic (exact) mass is 358 g/mol. The van der Waals surface area contributed by atoms with Gasteiger partial charge in [0.15, 0.2) is 0 Å². The van der Waals surface area contributed by atoms with Crippen molar-refractivity contribution in [2.75, 3.05) is 25.5 Å². The first-order valence-electron chi connectivity index (χ1n) is 8.71. The van der Waals surface area contributed by atoms with Crippen LogP contribution in [0.2, 0.25) is 0 Å². The molecule has 0 spiro atoms. The topological polar surface area (TPSA) is 50.2 Å². The van der Waals surface area contributed by atoms with Crippen molar-refractivity contribution < 1.29 is 4.79 Å². The van der Waals surface area contributed by atoms with Crippen LogP contribution in [0.1, 0.15) is 21.5 Å². The van der Waals surface area contributed by atoms with Gasteiger partial charge in [-0.25, -0.2) is 4.98 Å². The van der Waals surface area contributed by atoms with Crippen molar-refractivity contribution in [2.45, 2.75) is 6.54 Å². The zero-order chi connectivity index (χ0) is 19.1. The molecule has 0 atom stereocenters. The standard InChI is InChI=1S/C22H22N4O/c1-25(2)21-11-7-18(8-12-21)4-3-13-24-22(27)20-9-5-19(6-10-20)16-26-15-14-23-17-26/h5-12,14-15,17H,13,16H2,1-2H3,(H,24,27). The van der Waals surface area contributed by atoms with E-state index in [9.17, 15) is 4.79 Å². The van der Waals surface area contributed by atoms with E-state index >= 15 is 0 Å². The Labute approximate surface area is 159 Å². The zero-order valence-corrected chi connectivity index (χ0v) is 15.5. The van der Waals surface area contributed by atoms with Crippen molar-refractivity contribution in [3.05, 3.63) is 83.9 Å². The number of amides is 1. The molecule has 0 bridgehead atoms. The van der Waals surface area contributed by atoms with E-state index in [0.29, 0.717) is 12.1 Å². The maximum absolute atomic E-state index is 12.2. The summed E-state index contributed by atoms with van der Waals surface area (Å²) in [6.07, 6.45) is 5.43. The first-order valence-corrected chi connectivity index (χ1v) is 8.71. The predicted octanol–water partition coefficient (Wildman–Crippen LogP) is 2.78. The molecule has 0 aliphatic heterocycles. The van der Waals surface area contributed by atoms with Gasteiger partial charge < -0.3 is 14.8 Å². The van der Waals surface area contributed by atoms with Gasteiger partial charge in [-0.15, -0.1) is 0 Å². The highest BCUT2D eigenvalue weighted by molar-refractivity contribution is 5.94. The highest BCUT2D eigenvalue weighted by Crippen LogP contribution is 2.11. The molecular weight excluding hydrogens is 336 g/mol. The van der Waals surface area contributed by atoms with Crippen molar-refractivity contribution in [2.24, 2.45) is 0 Å². The van der Waals surface area contributed by atoms with Crippen LogP contribution in [-0.4, -0.2) is 36.1 Å². The number of hydrogen-bond acceptors (Lipinski definition) is 3. The summed E-state index contributed by atoms with van der Waals surface area (Å²) in [7, 11) is 4.00. The van der Waals surface area contributed by atoms with Crippen molar-refractivity contribution in [3.8, 4) is 11.8 Å². The first kappa shape index (κ1) is 18.3. The molecule has 0 aliphatic rings. The van der Waals surface area contributed by atoms with E-state index in [1.165, 1.54) is 0 Å². The normalized spacial score (nSPS) is 10.0. The molecule has 5 nitrogen and oxygen atoms in total. The highest BCUT2D eigenvalue weighted by atomic mass is 16.1. The average molecular weight is 358 g/mol. The fraction of sp³-hybridized carbons (Fsp3) is 0.182. The van der Waals surface area contributed by atoms with Crippen LogP contribution in [0.25, 0.3) is 0 Å². The molecule has 0 radical (unpaired) electrons. The van der Waals surface area contributed by atoms with E-state index in [0.717, 1.165) is 23.4 Å². The van der Waals surface area contributed by atoms with E-state index in [1.807, 2.05) is 78.3 Å². The van der Waals surface area contributed by atoms with Crippen molar-refractivity contribution in [1.29, 1.82) is 0 Å². The quantitative estimate of drug-likeness (QED) is 0.714. The molecule has 5 heteroatoms. The molecule has 0 saturated heterocycles. The molecular formula is C22H22N4O. The van der Waals surface area contributed by atoms with Crippen LogP contribution in [0.5, 0.6) is 0 Å². The molecule has 0 saturated carbocycles. The molecule has 3 aromatic rings. The van der Waals surface area contributed by atoms with Crippen molar-refractivity contribution in [3.63, 3.8) is 0 Å². The minimum Gasteiger partial charge on any atom is -0.378 e. The summed E-state index contributed by atoms with van der Waals surface area (Å²) < 4.78 is 1.98. The molecule has 136 valence electrons. The minimum atomic E-state index is -0.124. The maximum atomic E-state index is 12.2. The molecule has 1 amide bonds. The van der Waals surface area contributed by atoms with E-state index in [2.05, 4.69) is 22.1 Å². The smallest absolute Gasteiger partial charge is 0.252 e. The molecule has 1 N–H and O–H groups in total. The number of hydrogen-bond donors (Lipinski definition) is 1. The number of imidazole rings is 1. The van der Waals surface area contributed by atoms with Gasteiger partial charge in [-0.3, -0.25) is 4.79 Å². The Morgan fingerprint density at radius 3 is 2.48 bits per heavy atom. The Bertz CT molecular complexity index is 931. The third-order valence-corrected chi connectivity index (χ3v) is 4.09. The largest absolute Gasteiger partial charge is 0.378 e. The molecule has 0 unspecified atom stereocenters. The lowest BCUT2D eigenvalue weighted by molar-refractivity contribution is 0.0958. The van der Waals surface area contributed by atoms with Crippen LogP contribution < -0.4 is 10.2 Å². The van der Waals surface area contributed by atoms with Crippen LogP contribution in [0.3, 0.4) is 0 Å². The maximum Gasteiger partial charge on any atom is 0.252 e. The Balaban J connectivity index is 1.50. The molecule has 27 heavy (non-hydrogen) atoms. The lowest BCUT2D eigenvalue weighted by Crippen LogP contribution is -2.23. The number of anilines is 1. The molecule has 0 aliphatic carbocycles. The molecule has 2 aromatic carbocycles. The zero-order valence-electron chi connectivity index (χ0n) is 15.5. The number of carbonyl (C=O) groups excluding carboxylic acids is 1. The molecule has 3 rings (SSSR count). The second-order valence-corrected chi connectivity index (χ2v) is 6.36. The second kappa shape index (κ2) is 8.72. The van der Waals surface area contributed by atoms with Gasteiger partial charge in [0.2, 0.25) is 0 Å². The Hall–Kier alpha value is -3.52. The van der Waals surface area contributed by atoms with E-state index < -0.39 is 0 Å². The van der Waals surface area contributed by atoms with Gasteiger partial charge >= 0.3 is 0 Å². The molecule has 1 aromatic heterocycles. The van der Waals surface area contributed by atoms with Gasteiger partial charge in [-0.05, 0) is 42.0 Å². The lowest BCUT2D eigenvalue weighted by atomic mass is 10.1. The Morgan fingerprint density at radius 2 is 1.85 bits per heavy atom. The lowest BCUT2D eigenvalue weighted by Gasteiger charge is -2.11. The van der Waals surface area contributed by atoms with Gasteiger partial charge in [0.1, 0.15) is 0 Å². The van der Waals surface area contributed by atoms with Gasteiger partial charge in [0.05, 0.1) is 12.9 Å². The summed E-state index contributed by atoms with van der Waals surface area (Å²) in [5.74, 6) is 5.92. The Kier molecular flexibility index (Phi) is 5.91. The van der Waals surface area contributed by atoms with Crippen LogP contribution in [0.4, 0.5) is 5.69 Å². The van der Waals surface area contributed by atoms with Crippen LogP contribution in [-0.2, 0) is 6.54 Å². The van der Waals surface area contributed by atoms with Gasteiger partial charge in [0, 0.05) is 49.8 Å². The summed E-state index contributed by atoms with van der Waals surface area (Å²) in [5.41, 5.74) is 3.80. The Morgan fingerprint density at radius 1 is 1.11 bits per heavy atom. The van der Waals surface area contributed by atoms with Crippen LogP contribution in [0, 0.1) is 11.8 Å². The van der Waals surface area contributed by atoms with Gasteiger partial charge in [0.25, 0.3) is 5.91 Å². The summed E-state index contributed by atoms with van der Waals surface area (Å²) in [6.45, 7) is 1.05. The number of carbonyl (C=O) groups is 1. The van der Waals surface area contributed by atoms with E-state index in [-0.39, 0.29) is 5.91 Å². The number of rotatable bonds is 5. The first-order chi connectivity index (χ1) is 13.1. The summed E-state index contributed by atoms with van der Waals surface area (Å²) >= 11 is 0. The van der Waals surface area contributed by atoms with Crippen molar-refractivity contribution in [1.82, 2.24) is 14.9 Å². The van der Waals surface area contributed by atoms with Gasteiger partial charge in [-0.1, -0.05) is 24.0 Å². The van der Waals surface area contributed by atoms with Crippen LogP contribution >= 0.6 is 0 Å². The number of nitrogens with zero attached hydrogens (tertiary/aromatic N) is 3. The van der Waals surface area contributed by atoms with Crippen LogP contribution in [0.15, 0.2) is 67.3 Å².